The summed E-state index contributed by atoms with van der Waals surface area (Å²) in [6.45, 7) is 3.59. The van der Waals surface area contributed by atoms with Crippen molar-refractivity contribution in [3.63, 3.8) is 0 Å². The molecule has 9 heteroatoms. The summed E-state index contributed by atoms with van der Waals surface area (Å²) in [7, 11) is 4.32. The Balaban J connectivity index is 2.08. The highest BCUT2D eigenvalue weighted by atomic mass is 16.7. The molecule has 2 aromatic carbocycles. The van der Waals surface area contributed by atoms with E-state index in [4.69, 9.17) is 29.1 Å². The fraction of sp³-hybridized carbons (Fsp3) is 0.385. The molecule has 0 spiro atoms. The quantitative estimate of drug-likeness (QED) is 0.684. The van der Waals surface area contributed by atoms with E-state index in [-0.39, 0.29) is 17.1 Å². The van der Waals surface area contributed by atoms with Crippen LogP contribution in [0, 0.1) is 63.1 Å². The van der Waals surface area contributed by atoms with Gasteiger partial charge in [-0.25, -0.2) is 0 Å². The normalized spacial score (nSPS) is 28.1. The van der Waals surface area contributed by atoms with Gasteiger partial charge in [-0.2, -0.15) is 15.8 Å². The van der Waals surface area contributed by atoms with Crippen LogP contribution >= 0.6 is 0 Å². The standard InChI is InChI=1S/C26H24N4O5/c1-15-6-8-17(9-7-15)26-16(2)25(14-29,23(30)35-26)24(12-27,13-28)22(34-26)18-10-11-19(31-3)21(33-5)20(18)32-4/h6-11,16,22,30H,1-5H3. The Labute approximate surface area is 203 Å². The number of nitrogens with zero attached hydrogens (tertiary/aromatic N) is 3. The summed E-state index contributed by atoms with van der Waals surface area (Å²) in [5, 5.41) is 40.1. The number of ether oxygens (including phenoxy) is 5. The van der Waals surface area contributed by atoms with Gasteiger partial charge in [0.25, 0.3) is 0 Å². The largest absolute Gasteiger partial charge is 0.493 e. The van der Waals surface area contributed by atoms with Gasteiger partial charge in [-0.1, -0.05) is 36.8 Å². The maximum absolute atomic E-state index is 10.5. The molecular weight excluding hydrogens is 448 g/mol. The summed E-state index contributed by atoms with van der Waals surface area (Å²) in [5.41, 5.74) is -2.23. The van der Waals surface area contributed by atoms with Gasteiger partial charge in [-0.15, -0.1) is 0 Å². The molecule has 4 rings (SSSR count). The fourth-order valence-electron chi connectivity index (χ4n) is 5.26. The zero-order valence-corrected chi connectivity index (χ0v) is 20.0. The Hall–Kier alpha value is -4.26. The Morgan fingerprint density at radius 3 is 2.03 bits per heavy atom. The zero-order chi connectivity index (χ0) is 25.6. The number of aryl methyl sites for hydroxylation is 1. The Morgan fingerprint density at radius 1 is 0.886 bits per heavy atom. The number of fused-ring (bicyclic) bond motifs is 2. The molecule has 2 bridgehead atoms. The van der Waals surface area contributed by atoms with Gasteiger partial charge in [0.05, 0.1) is 45.5 Å². The molecular formula is C26H24N4O5. The van der Waals surface area contributed by atoms with Crippen molar-refractivity contribution in [2.24, 2.45) is 16.7 Å². The van der Waals surface area contributed by atoms with E-state index < -0.39 is 34.5 Å². The number of hydrogen-bond acceptors (Lipinski definition) is 9. The van der Waals surface area contributed by atoms with Crippen LogP contribution in [0.4, 0.5) is 0 Å². The SMILES string of the molecule is COc1ccc(C2OC3(c4ccc(C)cc4)OC(=N)C(C#N)(C3C)C2(C#N)C#N)c(OC)c1OC. The van der Waals surface area contributed by atoms with Gasteiger partial charge in [0.15, 0.2) is 16.9 Å². The second-order valence-corrected chi connectivity index (χ2v) is 8.56. The summed E-state index contributed by atoms with van der Waals surface area (Å²) >= 11 is 0. The Morgan fingerprint density at radius 2 is 1.51 bits per heavy atom. The first-order valence-electron chi connectivity index (χ1n) is 10.8. The summed E-state index contributed by atoms with van der Waals surface area (Å²) in [6, 6.07) is 16.7. The molecule has 0 aliphatic carbocycles. The minimum Gasteiger partial charge on any atom is -0.493 e. The van der Waals surface area contributed by atoms with E-state index in [0.717, 1.165) is 5.56 Å². The van der Waals surface area contributed by atoms with Gasteiger partial charge >= 0.3 is 0 Å². The van der Waals surface area contributed by atoms with E-state index in [1.165, 1.54) is 21.3 Å². The minimum atomic E-state index is -2.14. The molecule has 0 amide bonds. The van der Waals surface area contributed by atoms with Crippen molar-refractivity contribution in [1.82, 2.24) is 0 Å². The maximum atomic E-state index is 10.5. The number of nitriles is 3. The first kappa shape index (κ1) is 23.9. The van der Waals surface area contributed by atoms with Crippen molar-refractivity contribution in [3.05, 3.63) is 53.1 Å². The summed E-state index contributed by atoms with van der Waals surface area (Å²) in [5.74, 6) is -2.17. The number of nitrogens with one attached hydrogen (secondary N) is 1. The lowest BCUT2D eigenvalue weighted by Crippen LogP contribution is -2.57. The average molecular weight is 473 g/mol. The van der Waals surface area contributed by atoms with Crippen LogP contribution in [0.25, 0.3) is 0 Å². The van der Waals surface area contributed by atoms with Crippen LogP contribution in [0.1, 0.15) is 29.7 Å². The summed E-state index contributed by atoms with van der Waals surface area (Å²) < 4.78 is 29.1. The number of rotatable bonds is 5. The number of methoxy groups -OCH3 is 3. The topological polar surface area (TPSA) is 141 Å². The van der Waals surface area contributed by atoms with Crippen LogP contribution in [0.15, 0.2) is 36.4 Å². The van der Waals surface area contributed by atoms with Crippen molar-refractivity contribution >= 4 is 5.90 Å². The molecule has 2 aliphatic rings. The molecule has 0 saturated carbocycles. The predicted octanol–water partition coefficient (Wildman–Crippen LogP) is 4.13. The first-order valence-corrected chi connectivity index (χ1v) is 10.8. The third kappa shape index (κ3) is 2.78. The van der Waals surface area contributed by atoms with E-state index in [1.807, 2.05) is 31.2 Å². The molecule has 2 heterocycles. The monoisotopic (exact) mass is 472 g/mol. The van der Waals surface area contributed by atoms with Crippen molar-refractivity contribution in [2.75, 3.05) is 21.3 Å². The molecule has 2 fully saturated rings. The number of hydrogen-bond donors (Lipinski definition) is 1. The van der Waals surface area contributed by atoms with Crippen LogP contribution in [-0.4, -0.2) is 27.2 Å². The van der Waals surface area contributed by atoms with Crippen molar-refractivity contribution < 1.29 is 23.7 Å². The highest BCUT2D eigenvalue weighted by Crippen LogP contribution is 2.69. The van der Waals surface area contributed by atoms with E-state index in [1.54, 1.807) is 31.2 Å². The molecule has 1 N–H and O–H groups in total. The van der Waals surface area contributed by atoms with Crippen LogP contribution < -0.4 is 14.2 Å². The van der Waals surface area contributed by atoms with E-state index >= 15 is 0 Å². The molecule has 9 nitrogen and oxygen atoms in total. The second kappa shape index (κ2) is 8.20. The molecule has 2 aromatic rings. The predicted molar refractivity (Wildman–Crippen MR) is 122 cm³/mol. The summed E-state index contributed by atoms with van der Waals surface area (Å²) in [6.07, 6.45) is -1.34. The minimum absolute atomic E-state index is 0.180. The Kier molecular flexibility index (Phi) is 5.59. The van der Waals surface area contributed by atoms with E-state index in [0.29, 0.717) is 11.3 Å². The van der Waals surface area contributed by atoms with Gasteiger partial charge < -0.3 is 23.7 Å². The lowest BCUT2D eigenvalue weighted by molar-refractivity contribution is -0.288. The van der Waals surface area contributed by atoms with Gasteiger partial charge in [0.2, 0.25) is 22.8 Å². The molecule has 35 heavy (non-hydrogen) atoms. The van der Waals surface area contributed by atoms with Crippen LogP contribution in [0.5, 0.6) is 17.2 Å². The lowest BCUT2D eigenvalue weighted by Gasteiger charge is -2.49. The Bertz CT molecular complexity index is 1310. The van der Waals surface area contributed by atoms with Crippen molar-refractivity contribution in [3.8, 4) is 35.5 Å². The molecule has 0 radical (unpaired) electrons. The van der Waals surface area contributed by atoms with Crippen molar-refractivity contribution in [2.45, 2.75) is 25.7 Å². The first-order chi connectivity index (χ1) is 16.8. The highest BCUT2D eigenvalue weighted by Gasteiger charge is 2.80. The van der Waals surface area contributed by atoms with E-state index in [2.05, 4.69) is 6.07 Å². The second-order valence-electron chi connectivity index (χ2n) is 8.56. The lowest BCUT2D eigenvalue weighted by atomic mass is 9.53. The highest BCUT2D eigenvalue weighted by molar-refractivity contribution is 5.89. The number of benzene rings is 2. The zero-order valence-electron chi connectivity index (χ0n) is 20.0. The molecule has 178 valence electrons. The van der Waals surface area contributed by atoms with Gasteiger partial charge in [0, 0.05) is 11.1 Å². The fourth-order valence-corrected chi connectivity index (χ4v) is 5.26. The van der Waals surface area contributed by atoms with E-state index in [9.17, 15) is 15.8 Å². The van der Waals surface area contributed by atoms with Crippen LogP contribution in [0.3, 0.4) is 0 Å². The van der Waals surface area contributed by atoms with Crippen LogP contribution in [0.2, 0.25) is 0 Å². The van der Waals surface area contributed by atoms with Gasteiger partial charge in [-0.3, -0.25) is 5.41 Å². The molecule has 2 aliphatic heterocycles. The van der Waals surface area contributed by atoms with Crippen molar-refractivity contribution in [1.29, 1.82) is 21.2 Å². The molecule has 4 unspecified atom stereocenters. The molecule has 4 atom stereocenters. The van der Waals surface area contributed by atoms with Crippen LogP contribution in [-0.2, 0) is 15.3 Å². The third-order valence-electron chi connectivity index (χ3n) is 7.14. The summed E-state index contributed by atoms with van der Waals surface area (Å²) in [4.78, 5) is 0. The molecule has 2 saturated heterocycles. The maximum Gasteiger partial charge on any atom is 0.244 e. The van der Waals surface area contributed by atoms with Gasteiger partial charge in [-0.05, 0) is 19.1 Å². The molecule has 0 aromatic heterocycles. The van der Waals surface area contributed by atoms with Gasteiger partial charge in [0.1, 0.15) is 6.10 Å². The smallest absolute Gasteiger partial charge is 0.244 e. The average Bonchev–Trinajstić information content (AvgIpc) is 3.04. The third-order valence-corrected chi connectivity index (χ3v) is 7.14.